The van der Waals surface area contributed by atoms with Gasteiger partial charge < -0.3 is 15.4 Å². The van der Waals surface area contributed by atoms with E-state index >= 15 is 0 Å². The summed E-state index contributed by atoms with van der Waals surface area (Å²) in [5.41, 5.74) is 1.13. The third-order valence-electron chi connectivity index (χ3n) is 2.93. The summed E-state index contributed by atoms with van der Waals surface area (Å²) in [6, 6.07) is 8.01. The minimum Gasteiger partial charge on any atom is -0.496 e. The quantitative estimate of drug-likeness (QED) is 0.439. The van der Waals surface area contributed by atoms with Crippen LogP contribution in [0.2, 0.25) is 0 Å². The maximum absolute atomic E-state index is 5.33. The Kier molecular flexibility index (Phi) is 8.71. The third kappa shape index (κ3) is 6.19. The molecule has 0 fully saturated rings. The summed E-state index contributed by atoms with van der Waals surface area (Å²) in [7, 11) is 3.48. The van der Waals surface area contributed by atoms with Gasteiger partial charge in [-0.25, -0.2) is 0 Å². The van der Waals surface area contributed by atoms with Crippen molar-refractivity contribution in [2.75, 3.05) is 32.7 Å². The molecule has 0 atom stereocenters. The highest BCUT2D eigenvalue weighted by Gasteiger charge is 2.02. The van der Waals surface area contributed by atoms with Crippen LogP contribution in [0.1, 0.15) is 18.4 Å². The van der Waals surface area contributed by atoms with E-state index < -0.39 is 0 Å². The zero-order chi connectivity index (χ0) is 14.6. The molecular weight excluding hydrogens is 270 g/mol. The summed E-state index contributed by atoms with van der Waals surface area (Å²) in [5, 5.41) is 6.63. The molecule has 0 heterocycles. The summed E-state index contributed by atoms with van der Waals surface area (Å²) < 4.78 is 5.33. The first kappa shape index (κ1) is 16.7. The molecule has 0 bridgehead atoms. The molecule has 0 spiro atoms. The molecule has 0 aliphatic heterocycles. The van der Waals surface area contributed by atoms with E-state index in [1.807, 2.05) is 30.0 Å². The van der Waals surface area contributed by atoms with Crippen molar-refractivity contribution < 1.29 is 4.74 Å². The standard InChI is InChI=1S/C15H25N3OS/c1-16-15(17-10-6-7-11-20-3)18-12-13-8-4-5-9-14(13)19-2/h4-5,8-9H,6-7,10-12H2,1-3H3,(H2,16,17,18). The third-order valence-corrected chi connectivity index (χ3v) is 3.63. The molecule has 0 saturated heterocycles. The van der Waals surface area contributed by atoms with Crippen LogP contribution in [-0.4, -0.2) is 38.7 Å². The molecule has 2 N–H and O–H groups in total. The summed E-state index contributed by atoms with van der Waals surface area (Å²) >= 11 is 1.89. The number of guanidine groups is 1. The number of unbranched alkanes of at least 4 members (excludes halogenated alkanes) is 1. The highest BCUT2D eigenvalue weighted by molar-refractivity contribution is 7.98. The van der Waals surface area contributed by atoms with Crippen LogP contribution < -0.4 is 15.4 Å². The van der Waals surface area contributed by atoms with Gasteiger partial charge in [0.2, 0.25) is 0 Å². The number of nitrogens with one attached hydrogen (secondary N) is 2. The van der Waals surface area contributed by atoms with Crippen molar-refractivity contribution >= 4 is 17.7 Å². The van der Waals surface area contributed by atoms with Gasteiger partial charge in [0, 0.05) is 25.7 Å². The van der Waals surface area contributed by atoms with Gasteiger partial charge in [0.1, 0.15) is 5.75 Å². The van der Waals surface area contributed by atoms with Gasteiger partial charge in [-0.3, -0.25) is 4.99 Å². The first-order chi connectivity index (χ1) is 9.81. The van der Waals surface area contributed by atoms with E-state index in [1.165, 1.54) is 12.2 Å². The number of hydrogen-bond donors (Lipinski definition) is 2. The summed E-state index contributed by atoms with van der Waals surface area (Å²) in [5.74, 6) is 2.95. The van der Waals surface area contributed by atoms with Crippen molar-refractivity contribution in [2.45, 2.75) is 19.4 Å². The number of para-hydroxylation sites is 1. The van der Waals surface area contributed by atoms with E-state index in [1.54, 1.807) is 14.2 Å². The van der Waals surface area contributed by atoms with Gasteiger partial charge in [-0.05, 0) is 30.9 Å². The van der Waals surface area contributed by atoms with Crippen molar-refractivity contribution in [3.63, 3.8) is 0 Å². The van der Waals surface area contributed by atoms with Crippen molar-refractivity contribution in [2.24, 2.45) is 4.99 Å². The molecule has 0 radical (unpaired) electrons. The lowest BCUT2D eigenvalue weighted by Gasteiger charge is -2.13. The normalized spacial score (nSPS) is 11.2. The van der Waals surface area contributed by atoms with Gasteiger partial charge >= 0.3 is 0 Å². The van der Waals surface area contributed by atoms with E-state index in [-0.39, 0.29) is 0 Å². The smallest absolute Gasteiger partial charge is 0.191 e. The summed E-state index contributed by atoms with van der Waals surface area (Å²) in [6.45, 7) is 1.65. The fourth-order valence-corrected chi connectivity index (χ4v) is 2.32. The maximum Gasteiger partial charge on any atom is 0.191 e. The topological polar surface area (TPSA) is 45.7 Å². The number of rotatable bonds is 8. The number of nitrogens with zero attached hydrogens (tertiary/aromatic N) is 1. The molecule has 5 heteroatoms. The fourth-order valence-electron chi connectivity index (χ4n) is 1.83. The van der Waals surface area contributed by atoms with Crippen LogP contribution in [0.3, 0.4) is 0 Å². The highest BCUT2D eigenvalue weighted by Crippen LogP contribution is 2.16. The molecule has 20 heavy (non-hydrogen) atoms. The Bertz CT molecular complexity index is 410. The zero-order valence-corrected chi connectivity index (χ0v) is 13.4. The number of aliphatic imine (C=N–C) groups is 1. The predicted octanol–water partition coefficient (Wildman–Crippen LogP) is 2.50. The van der Waals surface area contributed by atoms with Gasteiger partial charge in [-0.15, -0.1) is 0 Å². The molecule has 1 aromatic rings. The van der Waals surface area contributed by atoms with Crippen molar-refractivity contribution in [1.82, 2.24) is 10.6 Å². The highest BCUT2D eigenvalue weighted by atomic mass is 32.2. The van der Waals surface area contributed by atoms with Crippen LogP contribution in [0, 0.1) is 0 Å². The molecule has 0 aromatic heterocycles. The van der Waals surface area contributed by atoms with Crippen LogP contribution in [0.25, 0.3) is 0 Å². The fraction of sp³-hybridized carbons (Fsp3) is 0.533. The van der Waals surface area contributed by atoms with Crippen molar-refractivity contribution in [3.8, 4) is 5.75 Å². The van der Waals surface area contributed by atoms with Crippen LogP contribution in [0.4, 0.5) is 0 Å². The summed E-state index contributed by atoms with van der Waals surface area (Å²) in [6.07, 6.45) is 4.54. The lowest BCUT2D eigenvalue weighted by molar-refractivity contribution is 0.409. The number of methoxy groups -OCH3 is 1. The van der Waals surface area contributed by atoms with Crippen molar-refractivity contribution in [3.05, 3.63) is 29.8 Å². The second-order valence-electron chi connectivity index (χ2n) is 4.36. The Morgan fingerprint density at radius 3 is 2.75 bits per heavy atom. The molecule has 112 valence electrons. The first-order valence-corrected chi connectivity index (χ1v) is 8.26. The van der Waals surface area contributed by atoms with Crippen molar-refractivity contribution in [1.29, 1.82) is 0 Å². The molecule has 4 nitrogen and oxygen atoms in total. The lowest BCUT2D eigenvalue weighted by atomic mass is 10.2. The minimum absolute atomic E-state index is 0.703. The number of hydrogen-bond acceptors (Lipinski definition) is 3. The zero-order valence-electron chi connectivity index (χ0n) is 12.6. The molecule has 0 aliphatic rings. The number of thioether (sulfide) groups is 1. The number of benzene rings is 1. The Morgan fingerprint density at radius 2 is 2.05 bits per heavy atom. The molecule has 0 aliphatic carbocycles. The second-order valence-corrected chi connectivity index (χ2v) is 5.35. The maximum atomic E-state index is 5.33. The Labute approximate surface area is 126 Å². The van der Waals surface area contributed by atoms with Gasteiger partial charge in [0.15, 0.2) is 5.96 Å². The summed E-state index contributed by atoms with van der Waals surface area (Å²) in [4.78, 5) is 4.22. The second kappa shape index (κ2) is 10.4. The van der Waals surface area contributed by atoms with Crippen LogP contribution >= 0.6 is 11.8 Å². The SMILES string of the molecule is CN=C(NCCCCSC)NCc1ccccc1OC. The van der Waals surface area contributed by atoms with Crippen LogP contribution in [0.5, 0.6) is 5.75 Å². The van der Waals surface area contributed by atoms with Gasteiger partial charge in [0.05, 0.1) is 7.11 Å². The molecule has 0 saturated carbocycles. The average molecular weight is 295 g/mol. The van der Waals surface area contributed by atoms with Crippen LogP contribution in [0.15, 0.2) is 29.3 Å². The molecule has 0 unspecified atom stereocenters. The minimum atomic E-state index is 0.703. The van der Waals surface area contributed by atoms with Gasteiger partial charge in [-0.1, -0.05) is 18.2 Å². The van der Waals surface area contributed by atoms with Gasteiger partial charge in [-0.2, -0.15) is 11.8 Å². The lowest BCUT2D eigenvalue weighted by Crippen LogP contribution is -2.37. The average Bonchev–Trinajstić information content (AvgIpc) is 2.50. The number of ether oxygens (including phenoxy) is 1. The van der Waals surface area contributed by atoms with Gasteiger partial charge in [0.25, 0.3) is 0 Å². The van der Waals surface area contributed by atoms with E-state index in [2.05, 4.69) is 27.9 Å². The predicted molar refractivity (Wildman–Crippen MR) is 88.8 cm³/mol. The van der Waals surface area contributed by atoms with E-state index in [4.69, 9.17) is 4.74 Å². The Morgan fingerprint density at radius 1 is 1.25 bits per heavy atom. The van der Waals surface area contributed by atoms with Crippen LogP contribution in [-0.2, 0) is 6.54 Å². The van der Waals surface area contributed by atoms with E-state index in [0.717, 1.165) is 30.2 Å². The van der Waals surface area contributed by atoms with E-state index in [0.29, 0.717) is 6.54 Å². The first-order valence-electron chi connectivity index (χ1n) is 6.87. The molecule has 1 rings (SSSR count). The largest absolute Gasteiger partial charge is 0.496 e. The Hall–Kier alpha value is -1.36. The molecule has 1 aromatic carbocycles. The molecule has 0 amide bonds. The molecular formula is C15H25N3OS. The van der Waals surface area contributed by atoms with E-state index in [9.17, 15) is 0 Å². The Balaban J connectivity index is 2.34. The monoisotopic (exact) mass is 295 g/mol.